The Kier molecular flexibility index (Phi) is 13.6. The number of aliphatic hydroxyl groups excluding tert-OH is 1. The first-order valence-corrected chi connectivity index (χ1v) is 16.8. The van der Waals surface area contributed by atoms with Crippen molar-refractivity contribution in [2.24, 2.45) is 5.92 Å². The number of hydrogen-bond donors (Lipinski definition) is 5. The molecular formula is C37H47FN6O6. The highest BCUT2D eigenvalue weighted by molar-refractivity contribution is 5.94. The van der Waals surface area contributed by atoms with Gasteiger partial charge in [-0.2, -0.15) is 0 Å². The van der Waals surface area contributed by atoms with Gasteiger partial charge < -0.3 is 41.3 Å². The Morgan fingerprint density at radius 3 is 2.32 bits per heavy atom. The number of ether oxygens (including phenoxy) is 1. The number of nitrogens with zero attached hydrogens (tertiary/aromatic N) is 2. The number of halogens is 1. The van der Waals surface area contributed by atoms with Gasteiger partial charge in [-0.25, -0.2) is 9.18 Å². The van der Waals surface area contributed by atoms with Crippen LogP contribution >= 0.6 is 0 Å². The lowest BCUT2D eigenvalue weighted by molar-refractivity contribution is -0.134. The number of rotatable bonds is 13. The molecular weight excluding hydrogens is 643 g/mol. The number of anilines is 4. The predicted molar refractivity (Wildman–Crippen MR) is 191 cm³/mol. The highest BCUT2D eigenvalue weighted by Gasteiger charge is 2.32. The standard InChI is InChI=1S/C37H47FN6O6/c1-24-21-44(25(2)23-45)36(48)20-26-19-29(40-34(46)11-5-4-6-12-35(47)42-31-10-8-7-9-30(31)39)17-18-32(26)50-33(24)22-43(3)37(49)41-28-15-13-27(38)14-16-28/h7-10,13-19,24-25,33,45H,4-6,11-12,20-23,39H2,1-3H3,(H,40,46)(H,41,49)(H,42,47)/t24-,25+,33+/m1/s1. The fourth-order valence-corrected chi connectivity index (χ4v) is 5.63. The molecule has 4 rings (SSSR count). The number of nitrogen functional groups attached to an aromatic ring is 1. The third kappa shape index (κ3) is 10.9. The van der Waals surface area contributed by atoms with Crippen LogP contribution in [0.3, 0.4) is 0 Å². The molecule has 6 N–H and O–H groups in total. The number of aliphatic hydroxyl groups is 1. The zero-order chi connectivity index (χ0) is 36.2. The van der Waals surface area contributed by atoms with Crippen LogP contribution in [0.5, 0.6) is 5.75 Å². The second kappa shape index (κ2) is 18.0. The minimum Gasteiger partial charge on any atom is -0.488 e. The molecule has 3 aromatic rings. The molecule has 0 unspecified atom stereocenters. The molecule has 12 nitrogen and oxygen atoms in total. The van der Waals surface area contributed by atoms with Crippen LogP contribution in [0.15, 0.2) is 66.7 Å². The van der Waals surface area contributed by atoms with Gasteiger partial charge in [-0.3, -0.25) is 14.4 Å². The summed E-state index contributed by atoms with van der Waals surface area (Å²) >= 11 is 0. The summed E-state index contributed by atoms with van der Waals surface area (Å²) in [6.07, 6.45) is 1.92. The zero-order valence-electron chi connectivity index (χ0n) is 28.8. The summed E-state index contributed by atoms with van der Waals surface area (Å²) in [5, 5.41) is 18.4. The SMILES string of the molecule is C[C@@H]1CN([C@@H](C)CO)C(=O)Cc2cc(NC(=O)CCCCCC(=O)Nc3ccccc3N)ccc2O[C@H]1CN(C)C(=O)Nc1ccc(F)cc1. The van der Waals surface area contributed by atoms with E-state index in [-0.39, 0.29) is 56.2 Å². The fraction of sp³-hybridized carbons (Fsp3) is 0.405. The van der Waals surface area contributed by atoms with Crippen molar-refractivity contribution in [1.29, 1.82) is 0 Å². The Bertz CT molecular complexity index is 1640. The molecule has 0 bridgehead atoms. The molecule has 0 spiro atoms. The lowest BCUT2D eigenvalue weighted by atomic mass is 10.0. The summed E-state index contributed by atoms with van der Waals surface area (Å²) in [6, 6.07) is 16.8. The van der Waals surface area contributed by atoms with E-state index in [0.717, 1.165) is 0 Å². The van der Waals surface area contributed by atoms with Gasteiger partial charge in [0, 0.05) is 49.3 Å². The third-order valence-electron chi connectivity index (χ3n) is 8.64. The molecule has 1 heterocycles. The minimum absolute atomic E-state index is 0.0135. The fourth-order valence-electron chi connectivity index (χ4n) is 5.63. The van der Waals surface area contributed by atoms with Crippen LogP contribution in [0, 0.1) is 11.7 Å². The van der Waals surface area contributed by atoms with E-state index in [4.69, 9.17) is 10.5 Å². The molecule has 13 heteroatoms. The summed E-state index contributed by atoms with van der Waals surface area (Å²) in [6.45, 7) is 3.93. The number of carbonyl (C=O) groups excluding carboxylic acids is 4. The van der Waals surface area contributed by atoms with Gasteiger partial charge in [0.15, 0.2) is 0 Å². The Morgan fingerprint density at radius 1 is 0.980 bits per heavy atom. The topological polar surface area (TPSA) is 166 Å². The number of unbranched alkanes of at least 4 members (excludes halogenated alkanes) is 2. The highest BCUT2D eigenvalue weighted by Crippen LogP contribution is 2.29. The number of carbonyl (C=O) groups is 4. The molecule has 1 aliphatic heterocycles. The van der Waals surface area contributed by atoms with Gasteiger partial charge in [0.05, 0.1) is 37.0 Å². The number of nitrogens with one attached hydrogen (secondary N) is 3. The molecule has 5 amide bonds. The summed E-state index contributed by atoms with van der Waals surface area (Å²) < 4.78 is 19.8. The van der Waals surface area contributed by atoms with Crippen LogP contribution < -0.4 is 26.4 Å². The third-order valence-corrected chi connectivity index (χ3v) is 8.64. The second-order valence-corrected chi connectivity index (χ2v) is 12.8. The number of likely N-dealkylation sites (N-methyl/N-ethyl adjacent to an activating group) is 1. The van der Waals surface area contributed by atoms with Crippen LogP contribution in [0.2, 0.25) is 0 Å². The van der Waals surface area contributed by atoms with E-state index in [2.05, 4.69) is 16.0 Å². The quantitative estimate of drug-likeness (QED) is 0.121. The van der Waals surface area contributed by atoms with Gasteiger partial charge in [0.2, 0.25) is 17.7 Å². The maximum absolute atomic E-state index is 13.5. The van der Waals surface area contributed by atoms with E-state index in [1.165, 1.54) is 29.2 Å². The molecule has 0 aromatic heterocycles. The van der Waals surface area contributed by atoms with Crippen LogP contribution in [0.4, 0.5) is 31.9 Å². The van der Waals surface area contributed by atoms with E-state index in [9.17, 15) is 28.7 Å². The van der Waals surface area contributed by atoms with E-state index >= 15 is 0 Å². The van der Waals surface area contributed by atoms with E-state index in [1.54, 1.807) is 61.3 Å². The molecule has 50 heavy (non-hydrogen) atoms. The average molecular weight is 691 g/mol. The van der Waals surface area contributed by atoms with Crippen molar-refractivity contribution in [3.8, 4) is 5.75 Å². The first-order valence-electron chi connectivity index (χ1n) is 16.8. The van der Waals surface area contributed by atoms with Crippen molar-refractivity contribution in [3.05, 3.63) is 78.1 Å². The zero-order valence-corrected chi connectivity index (χ0v) is 28.8. The number of nitrogens with two attached hydrogens (primary N) is 1. The normalized spacial score (nSPS) is 16.5. The van der Waals surface area contributed by atoms with Crippen molar-refractivity contribution < 1.29 is 33.4 Å². The van der Waals surface area contributed by atoms with Crippen molar-refractivity contribution in [3.63, 3.8) is 0 Å². The number of benzene rings is 3. The summed E-state index contributed by atoms with van der Waals surface area (Å²) in [5.74, 6) is -0.724. The molecule has 268 valence electrons. The molecule has 0 saturated heterocycles. The first-order chi connectivity index (χ1) is 23.9. The minimum atomic E-state index is -0.537. The van der Waals surface area contributed by atoms with Crippen LogP contribution in [0.1, 0.15) is 51.5 Å². The number of fused-ring (bicyclic) bond motifs is 1. The maximum Gasteiger partial charge on any atom is 0.321 e. The highest BCUT2D eigenvalue weighted by atomic mass is 19.1. The molecule has 0 fully saturated rings. The van der Waals surface area contributed by atoms with E-state index in [1.807, 2.05) is 6.92 Å². The van der Waals surface area contributed by atoms with Crippen LogP contribution in [0.25, 0.3) is 0 Å². The lowest BCUT2D eigenvalue weighted by Gasteiger charge is -2.34. The Morgan fingerprint density at radius 2 is 1.64 bits per heavy atom. The summed E-state index contributed by atoms with van der Waals surface area (Å²) in [7, 11) is 1.62. The summed E-state index contributed by atoms with van der Waals surface area (Å²) in [5.41, 5.74) is 8.47. The number of hydrogen-bond acceptors (Lipinski definition) is 7. The van der Waals surface area contributed by atoms with Gasteiger partial charge in [-0.1, -0.05) is 25.5 Å². The van der Waals surface area contributed by atoms with Crippen LogP contribution in [-0.2, 0) is 20.8 Å². The largest absolute Gasteiger partial charge is 0.488 e. The second-order valence-electron chi connectivity index (χ2n) is 12.8. The van der Waals surface area contributed by atoms with Crippen molar-refractivity contribution in [2.45, 2.75) is 64.5 Å². The van der Waals surface area contributed by atoms with Gasteiger partial charge in [-0.15, -0.1) is 0 Å². The Balaban J connectivity index is 1.37. The van der Waals surface area contributed by atoms with Crippen LogP contribution in [-0.4, -0.2) is 77.5 Å². The summed E-state index contributed by atoms with van der Waals surface area (Å²) in [4.78, 5) is 54.7. The van der Waals surface area contributed by atoms with Gasteiger partial charge in [0.25, 0.3) is 0 Å². The smallest absolute Gasteiger partial charge is 0.321 e. The molecule has 0 radical (unpaired) electrons. The monoisotopic (exact) mass is 690 g/mol. The number of para-hydroxylation sites is 2. The average Bonchev–Trinajstić information content (AvgIpc) is 3.13. The molecule has 3 atom stereocenters. The number of urea groups is 1. The van der Waals surface area contributed by atoms with Crippen molar-refractivity contribution >= 4 is 46.5 Å². The van der Waals surface area contributed by atoms with Gasteiger partial charge in [0.1, 0.15) is 17.7 Å². The predicted octanol–water partition coefficient (Wildman–Crippen LogP) is 5.25. The van der Waals surface area contributed by atoms with Crippen molar-refractivity contribution in [1.82, 2.24) is 9.80 Å². The van der Waals surface area contributed by atoms with E-state index < -0.39 is 24.0 Å². The molecule has 3 aromatic carbocycles. The number of amides is 5. The Hall–Kier alpha value is -5.17. The van der Waals surface area contributed by atoms with Gasteiger partial charge in [-0.05, 0) is 74.4 Å². The first kappa shape index (κ1) is 37.6. The lowest BCUT2D eigenvalue weighted by Crippen LogP contribution is -2.48. The van der Waals surface area contributed by atoms with Gasteiger partial charge >= 0.3 is 6.03 Å². The van der Waals surface area contributed by atoms with Crippen molar-refractivity contribution in [2.75, 3.05) is 48.4 Å². The molecule has 1 aliphatic rings. The molecule has 0 aliphatic carbocycles. The van der Waals surface area contributed by atoms with E-state index in [0.29, 0.717) is 59.7 Å². The molecule has 0 saturated carbocycles. The Labute approximate surface area is 292 Å². The maximum atomic E-state index is 13.5.